The number of rotatable bonds is 7. The van der Waals surface area contributed by atoms with Gasteiger partial charge in [-0.1, -0.05) is 35.9 Å². The van der Waals surface area contributed by atoms with Crippen LogP contribution in [0.1, 0.15) is 11.1 Å². The summed E-state index contributed by atoms with van der Waals surface area (Å²) in [7, 11) is -4.44. The first-order chi connectivity index (χ1) is 16.6. The zero-order valence-electron chi connectivity index (χ0n) is 17.9. The molecule has 0 spiro atoms. The van der Waals surface area contributed by atoms with Crippen molar-refractivity contribution in [2.24, 2.45) is 0 Å². The molecule has 0 saturated heterocycles. The summed E-state index contributed by atoms with van der Waals surface area (Å²) in [5.74, 6) is 0.302. The molecular formula is C23H18ClF3N2O5S. The van der Waals surface area contributed by atoms with Crippen LogP contribution in [-0.2, 0) is 27.5 Å². The zero-order chi connectivity index (χ0) is 25.2. The molecule has 0 saturated carbocycles. The first-order valence-corrected chi connectivity index (χ1v) is 12.0. The number of alkyl halides is 3. The van der Waals surface area contributed by atoms with Crippen LogP contribution in [0.3, 0.4) is 0 Å². The number of carbonyl (C=O) groups excluding carboxylic acids is 1. The molecule has 0 aromatic heterocycles. The maximum Gasteiger partial charge on any atom is 0.416 e. The van der Waals surface area contributed by atoms with Crippen LogP contribution in [0.15, 0.2) is 71.6 Å². The summed E-state index contributed by atoms with van der Waals surface area (Å²) in [6.07, 6.45) is -4.75. The van der Waals surface area contributed by atoms with Crippen LogP contribution >= 0.6 is 11.6 Å². The van der Waals surface area contributed by atoms with E-state index in [2.05, 4.69) is 5.32 Å². The number of halogens is 4. The predicted molar refractivity (Wildman–Crippen MR) is 122 cm³/mol. The second kappa shape index (κ2) is 9.67. The molecule has 0 atom stereocenters. The van der Waals surface area contributed by atoms with Crippen LogP contribution in [0.2, 0.25) is 5.02 Å². The number of carbonyl (C=O) groups is 1. The van der Waals surface area contributed by atoms with Gasteiger partial charge in [-0.25, -0.2) is 8.42 Å². The fourth-order valence-corrected chi connectivity index (χ4v) is 5.06. The van der Waals surface area contributed by atoms with Gasteiger partial charge in [0.1, 0.15) is 6.54 Å². The van der Waals surface area contributed by atoms with Crippen molar-refractivity contribution in [3.63, 3.8) is 0 Å². The lowest BCUT2D eigenvalue weighted by atomic mass is 10.2. The van der Waals surface area contributed by atoms with Gasteiger partial charge in [0.2, 0.25) is 12.7 Å². The van der Waals surface area contributed by atoms with E-state index < -0.39 is 39.9 Å². The number of nitrogens with one attached hydrogen (secondary N) is 1. The number of ether oxygens (including phenoxy) is 2. The van der Waals surface area contributed by atoms with Crippen molar-refractivity contribution in [3.8, 4) is 11.5 Å². The number of sulfonamides is 1. The van der Waals surface area contributed by atoms with E-state index in [1.165, 1.54) is 24.3 Å². The molecule has 1 aliphatic rings. The van der Waals surface area contributed by atoms with Crippen LogP contribution < -0.4 is 19.1 Å². The van der Waals surface area contributed by atoms with Crippen molar-refractivity contribution in [2.75, 3.05) is 17.6 Å². The van der Waals surface area contributed by atoms with Gasteiger partial charge < -0.3 is 14.8 Å². The van der Waals surface area contributed by atoms with E-state index in [0.717, 1.165) is 12.1 Å². The molecule has 12 heteroatoms. The van der Waals surface area contributed by atoms with E-state index in [-0.39, 0.29) is 23.3 Å². The van der Waals surface area contributed by atoms with Crippen LogP contribution in [0.5, 0.6) is 11.5 Å². The Kier molecular flexibility index (Phi) is 6.82. The van der Waals surface area contributed by atoms with Crippen molar-refractivity contribution < 1.29 is 35.9 Å². The molecule has 3 aromatic rings. The Morgan fingerprint density at radius 2 is 1.71 bits per heavy atom. The van der Waals surface area contributed by atoms with Crippen LogP contribution in [0.25, 0.3) is 0 Å². The molecule has 4 rings (SSSR count). The Balaban J connectivity index is 1.63. The van der Waals surface area contributed by atoms with Gasteiger partial charge >= 0.3 is 6.18 Å². The maximum absolute atomic E-state index is 13.4. The van der Waals surface area contributed by atoms with Crippen molar-refractivity contribution >= 4 is 33.2 Å². The van der Waals surface area contributed by atoms with Gasteiger partial charge in [0.15, 0.2) is 11.5 Å². The van der Waals surface area contributed by atoms with Gasteiger partial charge in [-0.15, -0.1) is 0 Å². The van der Waals surface area contributed by atoms with Gasteiger partial charge in [0.05, 0.1) is 21.2 Å². The Morgan fingerprint density at radius 3 is 2.43 bits per heavy atom. The topological polar surface area (TPSA) is 84.9 Å². The normalized spacial score (nSPS) is 12.9. The monoisotopic (exact) mass is 526 g/mol. The molecule has 3 aromatic carbocycles. The highest BCUT2D eigenvalue weighted by Gasteiger charge is 2.34. The summed E-state index contributed by atoms with van der Waals surface area (Å²) in [6, 6.07) is 14.3. The van der Waals surface area contributed by atoms with E-state index >= 15 is 0 Å². The number of amides is 1. The van der Waals surface area contributed by atoms with Crippen LogP contribution in [-0.4, -0.2) is 27.7 Å². The number of hydrogen-bond donors (Lipinski definition) is 1. The summed E-state index contributed by atoms with van der Waals surface area (Å²) >= 11 is 6.11. The largest absolute Gasteiger partial charge is 0.454 e. The molecule has 1 amide bonds. The molecule has 1 aliphatic heterocycles. The molecular weight excluding hydrogens is 509 g/mol. The lowest BCUT2D eigenvalue weighted by Gasteiger charge is -2.26. The van der Waals surface area contributed by atoms with Gasteiger partial charge in [0, 0.05) is 6.54 Å². The van der Waals surface area contributed by atoms with Crippen molar-refractivity contribution in [1.82, 2.24) is 5.32 Å². The number of benzene rings is 3. The van der Waals surface area contributed by atoms with Gasteiger partial charge in [0.25, 0.3) is 10.0 Å². The number of hydrogen-bond acceptors (Lipinski definition) is 5. The average molecular weight is 527 g/mol. The highest BCUT2D eigenvalue weighted by molar-refractivity contribution is 7.92. The molecule has 184 valence electrons. The second-order valence-electron chi connectivity index (χ2n) is 7.45. The highest BCUT2D eigenvalue weighted by Crippen LogP contribution is 2.37. The van der Waals surface area contributed by atoms with Gasteiger partial charge in [-0.05, 0) is 48.0 Å². The van der Waals surface area contributed by atoms with Gasteiger partial charge in [-0.3, -0.25) is 9.10 Å². The van der Waals surface area contributed by atoms with Crippen molar-refractivity contribution in [3.05, 3.63) is 82.9 Å². The van der Waals surface area contributed by atoms with E-state index in [4.69, 9.17) is 21.1 Å². The highest BCUT2D eigenvalue weighted by atomic mass is 35.5. The Morgan fingerprint density at radius 1 is 1.00 bits per heavy atom. The molecule has 0 fully saturated rings. The minimum atomic E-state index is -4.75. The summed E-state index contributed by atoms with van der Waals surface area (Å²) in [5.41, 5.74) is -0.924. The Bertz CT molecular complexity index is 1350. The summed E-state index contributed by atoms with van der Waals surface area (Å²) < 4.78 is 77.8. The fourth-order valence-electron chi connectivity index (χ4n) is 3.34. The summed E-state index contributed by atoms with van der Waals surface area (Å²) in [5, 5.41) is 2.31. The van der Waals surface area contributed by atoms with E-state index in [9.17, 15) is 26.4 Å². The second-order valence-corrected chi connectivity index (χ2v) is 9.72. The number of anilines is 1. The molecule has 1 N–H and O–H groups in total. The van der Waals surface area contributed by atoms with Gasteiger partial charge in [-0.2, -0.15) is 13.2 Å². The first-order valence-electron chi connectivity index (χ1n) is 10.2. The third kappa shape index (κ3) is 5.46. The first kappa shape index (κ1) is 24.7. The van der Waals surface area contributed by atoms with E-state index in [1.807, 2.05) is 0 Å². The average Bonchev–Trinajstić information content (AvgIpc) is 3.29. The maximum atomic E-state index is 13.4. The van der Waals surface area contributed by atoms with Crippen LogP contribution in [0.4, 0.5) is 18.9 Å². The SMILES string of the molecule is O=C(CN(c1cc(C(F)(F)F)ccc1Cl)S(=O)(=O)c1ccccc1)NCc1ccc2c(c1)OCO2. The minimum Gasteiger partial charge on any atom is -0.454 e. The standard InChI is InChI=1S/C23H18ClF3N2O5S/c24-18-8-7-16(23(25,26)27)11-19(18)29(35(31,32)17-4-2-1-3-5-17)13-22(30)28-12-15-6-9-20-21(10-15)34-14-33-20/h1-11H,12-14H2,(H,28,30). The van der Waals surface area contributed by atoms with Crippen molar-refractivity contribution in [1.29, 1.82) is 0 Å². The lowest BCUT2D eigenvalue weighted by molar-refractivity contribution is -0.137. The quantitative estimate of drug-likeness (QED) is 0.486. The zero-order valence-corrected chi connectivity index (χ0v) is 19.5. The lowest BCUT2D eigenvalue weighted by Crippen LogP contribution is -2.41. The number of fused-ring (bicyclic) bond motifs is 1. The smallest absolute Gasteiger partial charge is 0.416 e. The van der Waals surface area contributed by atoms with Crippen LogP contribution in [0, 0.1) is 0 Å². The molecule has 35 heavy (non-hydrogen) atoms. The van der Waals surface area contributed by atoms with E-state index in [0.29, 0.717) is 27.4 Å². The molecule has 0 radical (unpaired) electrons. The number of nitrogens with zero attached hydrogens (tertiary/aromatic N) is 1. The summed E-state index contributed by atoms with van der Waals surface area (Å²) in [4.78, 5) is 12.6. The molecule has 0 aliphatic carbocycles. The van der Waals surface area contributed by atoms with Crippen molar-refractivity contribution in [2.45, 2.75) is 17.6 Å². The minimum absolute atomic E-state index is 0.0189. The molecule has 1 heterocycles. The molecule has 0 bridgehead atoms. The molecule has 0 unspecified atom stereocenters. The third-order valence-corrected chi connectivity index (χ3v) is 7.18. The Hall–Kier alpha value is -3.44. The van der Waals surface area contributed by atoms with E-state index in [1.54, 1.807) is 24.3 Å². The summed E-state index contributed by atoms with van der Waals surface area (Å²) in [6.45, 7) is -0.705. The fraction of sp³-hybridized carbons (Fsp3) is 0.174. The Labute approximate surface area is 204 Å². The molecule has 7 nitrogen and oxygen atoms in total. The third-order valence-electron chi connectivity index (χ3n) is 5.09. The predicted octanol–water partition coefficient (Wildman–Crippen LogP) is 4.60.